The van der Waals surface area contributed by atoms with Gasteiger partial charge in [-0.1, -0.05) is 0 Å². The van der Waals surface area contributed by atoms with Crippen LogP contribution in [0.4, 0.5) is 0 Å². The Morgan fingerprint density at radius 1 is 1.75 bits per heavy atom. The molecule has 1 unspecified atom stereocenters. The molecule has 3 nitrogen and oxygen atoms in total. The number of ether oxygens (including phenoxy) is 1. The smallest absolute Gasteiger partial charge is 0.0838 e. The summed E-state index contributed by atoms with van der Waals surface area (Å²) in [7, 11) is 0. The van der Waals surface area contributed by atoms with Crippen LogP contribution >= 0.6 is 0 Å². The van der Waals surface area contributed by atoms with Crippen molar-refractivity contribution in [3.63, 3.8) is 0 Å². The minimum absolute atomic E-state index is 0.142. The van der Waals surface area contributed by atoms with Gasteiger partial charge in [-0.15, -0.1) is 0 Å². The van der Waals surface area contributed by atoms with E-state index in [0.717, 1.165) is 19.7 Å². The summed E-state index contributed by atoms with van der Waals surface area (Å²) in [4.78, 5) is 0. The first-order valence-corrected chi connectivity index (χ1v) is 2.90. The molecule has 0 saturated carbocycles. The van der Waals surface area contributed by atoms with Gasteiger partial charge in [0.15, 0.2) is 0 Å². The average molecular weight is 115 g/mol. The molecule has 0 aromatic heterocycles. The molecule has 0 bridgehead atoms. The SMILES string of the molecule is [NH]CC1CNCCO1. The van der Waals surface area contributed by atoms with Crippen LogP contribution in [0.2, 0.25) is 0 Å². The van der Waals surface area contributed by atoms with E-state index in [1.54, 1.807) is 0 Å². The maximum Gasteiger partial charge on any atom is 0.0838 e. The molecule has 1 aliphatic heterocycles. The molecule has 47 valence electrons. The van der Waals surface area contributed by atoms with E-state index in [4.69, 9.17) is 10.5 Å². The fraction of sp³-hybridized carbons (Fsp3) is 1.00. The molecule has 3 heteroatoms. The van der Waals surface area contributed by atoms with Crippen molar-refractivity contribution in [3.8, 4) is 0 Å². The first-order valence-electron chi connectivity index (χ1n) is 2.90. The van der Waals surface area contributed by atoms with Crippen LogP contribution in [0, 0.1) is 0 Å². The minimum Gasteiger partial charge on any atom is -0.374 e. The lowest BCUT2D eigenvalue weighted by Gasteiger charge is -2.21. The third kappa shape index (κ3) is 1.43. The molecule has 0 aromatic carbocycles. The Morgan fingerprint density at radius 2 is 2.62 bits per heavy atom. The molecule has 1 radical (unpaired) electrons. The van der Waals surface area contributed by atoms with Gasteiger partial charge < -0.3 is 10.1 Å². The predicted octanol–water partition coefficient (Wildman–Crippen LogP) is -0.742. The Morgan fingerprint density at radius 3 is 3.00 bits per heavy atom. The summed E-state index contributed by atoms with van der Waals surface area (Å²) in [5.41, 5.74) is 6.93. The van der Waals surface area contributed by atoms with Gasteiger partial charge in [0.25, 0.3) is 0 Å². The summed E-state index contributed by atoms with van der Waals surface area (Å²) >= 11 is 0. The number of hydrogen-bond acceptors (Lipinski definition) is 2. The first kappa shape index (κ1) is 6.01. The zero-order valence-electron chi connectivity index (χ0n) is 4.81. The lowest BCUT2D eigenvalue weighted by atomic mass is 10.3. The maximum absolute atomic E-state index is 6.93. The largest absolute Gasteiger partial charge is 0.374 e. The number of hydrogen-bond donors (Lipinski definition) is 1. The van der Waals surface area contributed by atoms with Gasteiger partial charge in [0.1, 0.15) is 0 Å². The van der Waals surface area contributed by atoms with Crippen molar-refractivity contribution in [1.82, 2.24) is 11.1 Å². The van der Waals surface area contributed by atoms with E-state index in [1.165, 1.54) is 0 Å². The molecular weight excluding hydrogens is 104 g/mol. The van der Waals surface area contributed by atoms with Crippen molar-refractivity contribution in [2.75, 3.05) is 26.2 Å². The van der Waals surface area contributed by atoms with Crippen LogP contribution in [-0.2, 0) is 4.74 Å². The molecule has 0 amide bonds. The van der Waals surface area contributed by atoms with Gasteiger partial charge in [0.05, 0.1) is 12.7 Å². The van der Waals surface area contributed by atoms with E-state index in [0.29, 0.717) is 6.54 Å². The fourth-order valence-corrected chi connectivity index (χ4v) is 0.751. The summed E-state index contributed by atoms with van der Waals surface area (Å²) in [6.07, 6.45) is 0.142. The molecule has 0 aliphatic carbocycles. The Kier molecular flexibility index (Phi) is 2.27. The highest BCUT2D eigenvalue weighted by molar-refractivity contribution is 4.66. The lowest BCUT2D eigenvalue weighted by molar-refractivity contribution is 0.0336. The van der Waals surface area contributed by atoms with Crippen molar-refractivity contribution < 1.29 is 4.74 Å². The Labute approximate surface area is 49.2 Å². The second-order valence-electron chi connectivity index (χ2n) is 1.90. The van der Waals surface area contributed by atoms with Crippen LogP contribution in [0.1, 0.15) is 0 Å². The molecule has 0 spiro atoms. The number of nitrogens with one attached hydrogen (secondary N) is 2. The van der Waals surface area contributed by atoms with Gasteiger partial charge >= 0.3 is 0 Å². The van der Waals surface area contributed by atoms with Gasteiger partial charge in [-0.2, -0.15) is 0 Å². The Bertz CT molecular complexity index is 61.4. The van der Waals surface area contributed by atoms with Crippen LogP contribution in [0.25, 0.3) is 0 Å². The van der Waals surface area contributed by atoms with E-state index in [1.807, 2.05) is 0 Å². The normalized spacial score (nSPS) is 30.4. The Hall–Kier alpha value is -0.120. The van der Waals surface area contributed by atoms with Crippen LogP contribution in [0.5, 0.6) is 0 Å². The monoisotopic (exact) mass is 115 g/mol. The van der Waals surface area contributed by atoms with Crippen molar-refractivity contribution >= 4 is 0 Å². The van der Waals surface area contributed by atoms with E-state index < -0.39 is 0 Å². The second kappa shape index (κ2) is 3.02. The number of morpholine rings is 1. The highest BCUT2D eigenvalue weighted by Gasteiger charge is 2.09. The van der Waals surface area contributed by atoms with E-state index >= 15 is 0 Å². The highest BCUT2D eigenvalue weighted by atomic mass is 16.5. The quantitative estimate of drug-likeness (QED) is 0.489. The molecule has 2 N–H and O–H groups in total. The minimum atomic E-state index is 0.142. The third-order valence-corrected chi connectivity index (χ3v) is 1.23. The van der Waals surface area contributed by atoms with Gasteiger partial charge in [0, 0.05) is 19.6 Å². The molecular formula is C5H11N2O. The number of rotatable bonds is 1. The Balaban J connectivity index is 2.13. The van der Waals surface area contributed by atoms with Gasteiger partial charge in [-0.3, -0.25) is 5.73 Å². The molecule has 1 aliphatic rings. The first-order chi connectivity index (χ1) is 3.93. The molecule has 1 saturated heterocycles. The highest BCUT2D eigenvalue weighted by Crippen LogP contribution is 1.91. The molecule has 1 atom stereocenters. The molecule has 1 fully saturated rings. The van der Waals surface area contributed by atoms with Crippen molar-refractivity contribution in [3.05, 3.63) is 0 Å². The van der Waals surface area contributed by atoms with Crippen LogP contribution in [0.3, 0.4) is 0 Å². The lowest BCUT2D eigenvalue weighted by Crippen LogP contribution is -2.40. The van der Waals surface area contributed by atoms with Crippen LogP contribution in [0.15, 0.2) is 0 Å². The van der Waals surface area contributed by atoms with Crippen molar-refractivity contribution in [1.29, 1.82) is 0 Å². The molecule has 1 rings (SSSR count). The fourth-order valence-electron chi connectivity index (χ4n) is 0.751. The summed E-state index contributed by atoms with van der Waals surface area (Å²) in [5, 5.41) is 3.14. The van der Waals surface area contributed by atoms with Crippen molar-refractivity contribution in [2.24, 2.45) is 0 Å². The molecule has 1 heterocycles. The van der Waals surface area contributed by atoms with E-state index in [9.17, 15) is 0 Å². The van der Waals surface area contributed by atoms with E-state index in [2.05, 4.69) is 5.32 Å². The van der Waals surface area contributed by atoms with Gasteiger partial charge in [-0.05, 0) is 0 Å². The maximum atomic E-state index is 6.93. The van der Waals surface area contributed by atoms with Gasteiger partial charge in [-0.25, -0.2) is 0 Å². The van der Waals surface area contributed by atoms with Gasteiger partial charge in [0.2, 0.25) is 0 Å². The van der Waals surface area contributed by atoms with E-state index in [-0.39, 0.29) is 6.10 Å². The summed E-state index contributed by atoms with van der Waals surface area (Å²) in [5.74, 6) is 0. The zero-order chi connectivity index (χ0) is 5.82. The second-order valence-corrected chi connectivity index (χ2v) is 1.90. The summed E-state index contributed by atoms with van der Waals surface area (Å²) in [6, 6.07) is 0. The topological polar surface area (TPSA) is 45.1 Å². The zero-order valence-corrected chi connectivity index (χ0v) is 4.81. The average Bonchev–Trinajstić information content (AvgIpc) is 1.90. The van der Waals surface area contributed by atoms with Crippen molar-refractivity contribution in [2.45, 2.75) is 6.10 Å². The predicted molar refractivity (Wildman–Crippen MR) is 30.6 cm³/mol. The summed E-state index contributed by atoms with van der Waals surface area (Å²) in [6.45, 7) is 2.94. The standard InChI is InChI=1S/C5H11N2O/c6-3-5-4-7-1-2-8-5/h5-7H,1-4H2. The summed E-state index contributed by atoms with van der Waals surface area (Å²) < 4.78 is 5.18. The molecule has 0 aromatic rings. The van der Waals surface area contributed by atoms with Crippen LogP contribution in [-0.4, -0.2) is 32.3 Å². The molecule has 8 heavy (non-hydrogen) atoms. The van der Waals surface area contributed by atoms with Crippen LogP contribution < -0.4 is 11.1 Å². The third-order valence-electron chi connectivity index (χ3n) is 1.23.